The van der Waals surface area contributed by atoms with E-state index in [1.54, 1.807) is 35.1 Å². The molecule has 0 spiro atoms. The average Bonchev–Trinajstić information content (AvgIpc) is 3.35. The van der Waals surface area contributed by atoms with Gasteiger partial charge in [0.15, 0.2) is 5.13 Å². The van der Waals surface area contributed by atoms with Crippen molar-refractivity contribution in [3.8, 4) is 0 Å². The van der Waals surface area contributed by atoms with Crippen LogP contribution in [0, 0.1) is 5.92 Å². The van der Waals surface area contributed by atoms with E-state index in [0.29, 0.717) is 12.5 Å². The van der Waals surface area contributed by atoms with Crippen molar-refractivity contribution in [3.63, 3.8) is 0 Å². The monoisotopic (exact) mass is 366 g/mol. The molecule has 0 unspecified atom stereocenters. The molecule has 4 rings (SSSR count). The van der Waals surface area contributed by atoms with E-state index in [-0.39, 0.29) is 5.25 Å². The van der Waals surface area contributed by atoms with Gasteiger partial charge in [-0.25, -0.2) is 17.7 Å². The standard InChI is InChI=1S/C16H22N4O2S2/c1-19(24(21,22)13-2-3-13)11-12-5-8-20(9-6-12)16-18-14-10-17-7-4-15(14)23-16/h4,7,10,12-13H,2-3,5-6,8-9,11H2,1H3. The second-order valence-electron chi connectivity index (χ2n) is 6.80. The smallest absolute Gasteiger partial charge is 0.216 e. The molecule has 24 heavy (non-hydrogen) atoms. The van der Waals surface area contributed by atoms with Gasteiger partial charge in [0.05, 0.1) is 16.1 Å². The number of pyridine rings is 1. The van der Waals surface area contributed by atoms with Crippen LogP contribution >= 0.6 is 11.3 Å². The molecule has 0 amide bonds. The number of thiazole rings is 1. The molecule has 0 N–H and O–H groups in total. The van der Waals surface area contributed by atoms with Gasteiger partial charge in [-0.1, -0.05) is 11.3 Å². The number of piperidine rings is 1. The van der Waals surface area contributed by atoms with Crippen LogP contribution in [0.1, 0.15) is 25.7 Å². The number of rotatable bonds is 5. The van der Waals surface area contributed by atoms with E-state index in [1.165, 1.54) is 0 Å². The Morgan fingerprint density at radius 1 is 1.29 bits per heavy atom. The lowest BCUT2D eigenvalue weighted by atomic mass is 9.97. The van der Waals surface area contributed by atoms with E-state index >= 15 is 0 Å². The molecule has 130 valence electrons. The second kappa shape index (κ2) is 6.24. The predicted octanol–water partition coefficient (Wildman–Crippen LogP) is 2.33. The fourth-order valence-corrected chi connectivity index (χ4v) is 5.94. The van der Waals surface area contributed by atoms with Gasteiger partial charge in [0, 0.05) is 32.9 Å². The first-order valence-corrected chi connectivity index (χ1v) is 10.8. The minimum atomic E-state index is -3.05. The van der Waals surface area contributed by atoms with E-state index in [2.05, 4.69) is 14.9 Å². The van der Waals surface area contributed by atoms with Crippen molar-refractivity contribution < 1.29 is 8.42 Å². The fourth-order valence-electron chi connectivity index (χ4n) is 3.30. The highest BCUT2D eigenvalue weighted by Gasteiger charge is 2.39. The lowest BCUT2D eigenvalue weighted by Crippen LogP contribution is -2.40. The van der Waals surface area contributed by atoms with Crippen molar-refractivity contribution in [1.82, 2.24) is 14.3 Å². The number of sulfonamides is 1. The van der Waals surface area contributed by atoms with Gasteiger partial charge in [0.1, 0.15) is 5.52 Å². The van der Waals surface area contributed by atoms with Crippen molar-refractivity contribution in [3.05, 3.63) is 18.5 Å². The summed E-state index contributed by atoms with van der Waals surface area (Å²) in [5.74, 6) is 0.441. The van der Waals surface area contributed by atoms with Crippen LogP contribution in [0.5, 0.6) is 0 Å². The van der Waals surface area contributed by atoms with Crippen LogP contribution in [-0.2, 0) is 10.0 Å². The number of hydrogen-bond acceptors (Lipinski definition) is 6. The molecule has 1 aliphatic heterocycles. The maximum atomic E-state index is 12.3. The zero-order chi connectivity index (χ0) is 16.7. The molecule has 1 saturated carbocycles. The molecule has 6 nitrogen and oxygen atoms in total. The van der Waals surface area contributed by atoms with E-state index in [1.807, 2.05) is 6.07 Å². The topological polar surface area (TPSA) is 66.4 Å². The fraction of sp³-hybridized carbons (Fsp3) is 0.625. The Labute approximate surface area is 146 Å². The third kappa shape index (κ3) is 3.14. The third-order valence-electron chi connectivity index (χ3n) is 4.96. The summed E-state index contributed by atoms with van der Waals surface area (Å²) in [4.78, 5) is 11.1. The first-order chi connectivity index (χ1) is 11.5. The lowest BCUT2D eigenvalue weighted by molar-refractivity contribution is 0.327. The van der Waals surface area contributed by atoms with Gasteiger partial charge in [0.25, 0.3) is 0 Å². The Bertz CT molecular complexity index is 790. The molecule has 2 aromatic rings. The number of aromatic nitrogens is 2. The molecule has 2 fully saturated rings. The molecule has 0 atom stereocenters. The first kappa shape index (κ1) is 16.2. The van der Waals surface area contributed by atoms with Gasteiger partial charge in [-0.15, -0.1) is 0 Å². The van der Waals surface area contributed by atoms with Crippen molar-refractivity contribution >= 4 is 36.7 Å². The summed E-state index contributed by atoms with van der Waals surface area (Å²) in [6.45, 7) is 2.53. The number of nitrogens with zero attached hydrogens (tertiary/aromatic N) is 4. The summed E-state index contributed by atoms with van der Waals surface area (Å²) >= 11 is 1.70. The van der Waals surface area contributed by atoms with Gasteiger partial charge in [-0.2, -0.15) is 0 Å². The van der Waals surface area contributed by atoms with Crippen LogP contribution in [0.4, 0.5) is 5.13 Å². The highest BCUT2D eigenvalue weighted by Crippen LogP contribution is 2.33. The first-order valence-electron chi connectivity index (χ1n) is 8.44. The molecule has 0 radical (unpaired) electrons. The van der Waals surface area contributed by atoms with Crippen LogP contribution in [0.3, 0.4) is 0 Å². The number of anilines is 1. The normalized spacial score (nSPS) is 20.2. The molecule has 0 bridgehead atoms. The van der Waals surface area contributed by atoms with Crippen LogP contribution in [0.25, 0.3) is 10.2 Å². The summed E-state index contributed by atoms with van der Waals surface area (Å²) < 4.78 is 27.3. The zero-order valence-electron chi connectivity index (χ0n) is 13.8. The average molecular weight is 367 g/mol. The van der Waals surface area contributed by atoms with Gasteiger partial charge >= 0.3 is 0 Å². The molecule has 3 heterocycles. The van der Waals surface area contributed by atoms with E-state index in [0.717, 1.165) is 54.1 Å². The Morgan fingerprint density at radius 2 is 2.04 bits per heavy atom. The molecule has 2 aliphatic rings. The van der Waals surface area contributed by atoms with E-state index in [9.17, 15) is 8.42 Å². The van der Waals surface area contributed by atoms with Crippen LogP contribution in [0.15, 0.2) is 18.5 Å². The lowest BCUT2D eigenvalue weighted by Gasteiger charge is -2.33. The van der Waals surface area contributed by atoms with Crippen molar-refractivity contribution in [1.29, 1.82) is 0 Å². The van der Waals surface area contributed by atoms with Crippen molar-refractivity contribution in [2.75, 3.05) is 31.6 Å². The quantitative estimate of drug-likeness (QED) is 0.812. The summed E-state index contributed by atoms with van der Waals surface area (Å²) in [6, 6.07) is 2.00. The van der Waals surface area contributed by atoms with E-state index in [4.69, 9.17) is 0 Å². The highest BCUT2D eigenvalue weighted by molar-refractivity contribution is 7.90. The summed E-state index contributed by atoms with van der Waals surface area (Å²) in [5, 5.41) is 0.939. The predicted molar refractivity (Wildman–Crippen MR) is 96.9 cm³/mol. The zero-order valence-corrected chi connectivity index (χ0v) is 15.4. The Hall–Kier alpha value is -1.25. The van der Waals surface area contributed by atoms with Crippen LogP contribution in [0.2, 0.25) is 0 Å². The van der Waals surface area contributed by atoms with Gasteiger partial charge in [-0.05, 0) is 37.7 Å². The van der Waals surface area contributed by atoms with Crippen molar-refractivity contribution in [2.24, 2.45) is 5.92 Å². The summed E-state index contributed by atoms with van der Waals surface area (Å²) in [5.41, 5.74) is 0.954. The third-order valence-corrected chi connectivity index (χ3v) is 8.39. The van der Waals surface area contributed by atoms with Gasteiger partial charge < -0.3 is 4.90 Å². The molecule has 2 aromatic heterocycles. The SMILES string of the molecule is CN(CC1CCN(c2nc3cnccc3s2)CC1)S(=O)(=O)C1CC1. The van der Waals surface area contributed by atoms with Crippen LogP contribution in [-0.4, -0.2) is 54.6 Å². The van der Waals surface area contributed by atoms with Gasteiger partial charge in [0.2, 0.25) is 10.0 Å². The summed E-state index contributed by atoms with van der Waals surface area (Å²) in [6.07, 6.45) is 7.29. The van der Waals surface area contributed by atoms with Gasteiger partial charge in [-0.3, -0.25) is 4.98 Å². The molecule has 0 aromatic carbocycles. The maximum Gasteiger partial charge on any atom is 0.216 e. The Kier molecular flexibility index (Phi) is 4.22. The maximum absolute atomic E-state index is 12.3. The largest absolute Gasteiger partial charge is 0.348 e. The Morgan fingerprint density at radius 3 is 2.71 bits per heavy atom. The minimum absolute atomic E-state index is 0.112. The molecular formula is C16H22N4O2S2. The van der Waals surface area contributed by atoms with E-state index < -0.39 is 10.0 Å². The molecule has 1 saturated heterocycles. The Balaban J connectivity index is 1.36. The van der Waals surface area contributed by atoms with Crippen molar-refractivity contribution in [2.45, 2.75) is 30.9 Å². The molecule has 1 aliphatic carbocycles. The number of hydrogen-bond donors (Lipinski definition) is 0. The molecular weight excluding hydrogens is 344 g/mol. The second-order valence-corrected chi connectivity index (χ2v) is 10.1. The molecule has 8 heteroatoms. The minimum Gasteiger partial charge on any atom is -0.348 e. The highest BCUT2D eigenvalue weighted by atomic mass is 32.2. The van der Waals surface area contributed by atoms with Crippen LogP contribution < -0.4 is 4.90 Å². The summed E-state index contributed by atoms with van der Waals surface area (Å²) in [7, 11) is -1.31. The number of fused-ring (bicyclic) bond motifs is 1.